The molecule has 1 atom stereocenters. The third-order valence-corrected chi connectivity index (χ3v) is 4.25. The molecule has 2 aromatic carbocycles. The second-order valence-corrected chi connectivity index (χ2v) is 5.96. The Balaban J connectivity index is 1.89. The molecule has 0 fully saturated rings. The van der Waals surface area contributed by atoms with Gasteiger partial charge in [0.15, 0.2) is 0 Å². The lowest BCUT2D eigenvalue weighted by atomic mass is 10.1. The summed E-state index contributed by atoms with van der Waals surface area (Å²) in [5.74, 6) is 0. The summed E-state index contributed by atoms with van der Waals surface area (Å²) in [7, 11) is 2.04. The zero-order chi connectivity index (χ0) is 15.2. The molecule has 0 radical (unpaired) electrons. The van der Waals surface area contributed by atoms with Crippen molar-refractivity contribution in [2.24, 2.45) is 0 Å². The molecule has 0 aromatic heterocycles. The van der Waals surface area contributed by atoms with Crippen molar-refractivity contribution in [3.63, 3.8) is 0 Å². The third-order valence-electron chi connectivity index (χ3n) is 3.42. The SMILES string of the molecule is CN(CCC(O)c1cccc(Cl)c1Cl)Cc1ccccc1. The van der Waals surface area contributed by atoms with Gasteiger partial charge in [0.25, 0.3) is 0 Å². The summed E-state index contributed by atoms with van der Waals surface area (Å²) in [5.41, 5.74) is 1.95. The maximum atomic E-state index is 10.3. The van der Waals surface area contributed by atoms with Crippen LogP contribution in [-0.4, -0.2) is 23.6 Å². The van der Waals surface area contributed by atoms with Gasteiger partial charge >= 0.3 is 0 Å². The number of nitrogens with zero attached hydrogens (tertiary/aromatic N) is 1. The summed E-state index contributed by atoms with van der Waals surface area (Å²) in [5, 5.41) is 11.2. The molecule has 0 aliphatic carbocycles. The normalized spacial score (nSPS) is 12.6. The van der Waals surface area contributed by atoms with Gasteiger partial charge in [0, 0.05) is 18.7 Å². The van der Waals surface area contributed by atoms with Gasteiger partial charge in [0.2, 0.25) is 0 Å². The minimum Gasteiger partial charge on any atom is -0.388 e. The summed E-state index contributed by atoms with van der Waals surface area (Å²) in [4.78, 5) is 2.18. The Morgan fingerprint density at radius 3 is 2.48 bits per heavy atom. The first kappa shape index (κ1) is 16.3. The number of benzene rings is 2. The Hall–Kier alpha value is -1.06. The third kappa shape index (κ3) is 4.72. The molecule has 0 heterocycles. The van der Waals surface area contributed by atoms with Gasteiger partial charge in [-0.3, -0.25) is 0 Å². The zero-order valence-electron chi connectivity index (χ0n) is 12.0. The van der Waals surface area contributed by atoms with Crippen LogP contribution in [0.1, 0.15) is 23.7 Å². The molecule has 0 saturated carbocycles. The van der Waals surface area contributed by atoms with E-state index < -0.39 is 6.10 Å². The summed E-state index contributed by atoms with van der Waals surface area (Å²) in [6, 6.07) is 15.6. The predicted molar refractivity (Wildman–Crippen MR) is 88.8 cm³/mol. The molecule has 2 nitrogen and oxygen atoms in total. The second-order valence-electron chi connectivity index (χ2n) is 5.17. The Kier molecular flexibility index (Phi) is 6.07. The lowest BCUT2D eigenvalue weighted by molar-refractivity contribution is 0.148. The highest BCUT2D eigenvalue weighted by Gasteiger charge is 2.14. The van der Waals surface area contributed by atoms with E-state index in [1.807, 2.05) is 31.3 Å². The predicted octanol–water partition coefficient (Wildman–Crippen LogP) is 4.55. The maximum Gasteiger partial charge on any atom is 0.0817 e. The zero-order valence-corrected chi connectivity index (χ0v) is 13.5. The van der Waals surface area contributed by atoms with Crippen LogP contribution in [0.4, 0.5) is 0 Å². The largest absolute Gasteiger partial charge is 0.388 e. The molecule has 0 aliphatic rings. The van der Waals surface area contributed by atoms with Crippen LogP contribution in [-0.2, 0) is 6.54 Å². The molecule has 1 N–H and O–H groups in total. The van der Waals surface area contributed by atoms with Gasteiger partial charge in [0.05, 0.1) is 16.1 Å². The fourth-order valence-corrected chi connectivity index (χ4v) is 2.68. The van der Waals surface area contributed by atoms with Gasteiger partial charge in [-0.15, -0.1) is 0 Å². The van der Waals surface area contributed by atoms with Crippen LogP contribution in [0.15, 0.2) is 48.5 Å². The maximum absolute atomic E-state index is 10.3. The molecule has 0 aliphatic heterocycles. The quantitative estimate of drug-likeness (QED) is 0.843. The van der Waals surface area contributed by atoms with Gasteiger partial charge in [-0.2, -0.15) is 0 Å². The number of halogens is 2. The van der Waals surface area contributed by atoms with E-state index >= 15 is 0 Å². The molecule has 0 bridgehead atoms. The first-order chi connectivity index (χ1) is 10.1. The van der Waals surface area contributed by atoms with Crippen molar-refractivity contribution in [3.8, 4) is 0 Å². The highest BCUT2D eigenvalue weighted by Crippen LogP contribution is 2.31. The highest BCUT2D eigenvalue weighted by atomic mass is 35.5. The van der Waals surface area contributed by atoms with Gasteiger partial charge in [0.1, 0.15) is 0 Å². The smallest absolute Gasteiger partial charge is 0.0817 e. The molecular weight excluding hydrogens is 305 g/mol. The van der Waals surface area contributed by atoms with E-state index in [0.29, 0.717) is 22.0 Å². The van der Waals surface area contributed by atoms with Crippen LogP contribution in [0.2, 0.25) is 10.0 Å². The molecule has 4 heteroatoms. The minimum absolute atomic E-state index is 0.442. The van der Waals surface area contributed by atoms with Crippen molar-refractivity contribution in [1.82, 2.24) is 4.90 Å². The molecule has 0 amide bonds. The lowest BCUT2D eigenvalue weighted by Crippen LogP contribution is -2.21. The van der Waals surface area contributed by atoms with E-state index in [0.717, 1.165) is 13.1 Å². The van der Waals surface area contributed by atoms with E-state index in [4.69, 9.17) is 23.2 Å². The Morgan fingerprint density at radius 1 is 1.05 bits per heavy atom. The average Bonchev–Trinajstić information content (AvgIpc) is 2.48. The number of hydrogen-bond donors (Lipinski definition) is 1. The molecule has 21 heavy (non-hydrogen) atoms. The van der Waals surface area contributed by atoms with Crippen LogP contribution in [0, 0.1) is 0 Å². The average molecular weight is 324 g/mol. The molecule has 0 saturated heterocycles. The van der Waals surface area contributed by atoms with E-state index in [2.05, 4.69) is 17.0 Å². The summed E-state index contributed by atoms with van der Waals surface area (Å²) >= 11 is 12.1. The highest BCUT2D eigenvalue weighted by molar-refractivity contribution is 6.42. The Morgan fingerprint density at radius 2 is 1.76 bits per heavy atom. The van der Waals surface area contributed by atoms with Crippen LogP contribution < -0.4 is 0 Å². The number of hydrogen-bond acceptors (Lipinski definition) is 2. The second kappa shape index (κ2) is 7.81. The number of aliphatic hydroxyl groups excluding tert-OH is 1. The standard InChI is InChI=1S/C17H19Cl2NO/c1-20(12-13-6-3-2-4-7-13)11-10-16(21)14-8-5-9-15(18)17(14)19/h2-9,16,21H,10-12H2,1H3. The van der Waals surface area contributed by atoms with Crippen molar-refractivity contribution in [2.45, 2.75) is 19.1 Å². The fourth-order valence-electron chi connectivity index (χ4n) is 2.25. The summed E-state index contributed by atoms with van der Waals surface area (Å²) in [6.07, 6.45) is 0.0121. The van der Waals surface area contributed by atoms with Crippen LogP contribution >= 0.6 is 23.2 Å². The topological polar surface area (TPSA) is 23.5 Å². The Bertz CT molecular complexity index is 574. The van der Waals surface area contributed by atoms with Crippen molar-refractivity contribution < 1.29 is 5.11 Å². The Labute approximate surface area is 135 Å². The van der Waals surface area contributed by atoms with E-state index in [1.54, 1.807) is 12.1 Å². The van der Waals surface area contributed by atoms with E-state index in [1.165, 1.54) is 5.56 Å². The fraction of sp³-hybridized carbons (Fsp3) is 0.294. The minimum atomic E-state index is -0.602. The van der Waals surface area contributed by atoms with Crippen molar-refractivity contribution in [1.29, 1.82) is 0 Å². The summed E-state index contributed by atoms with van der Waals surface area (Å²) in [6.45, 7) is 1.63. The van der Waals surface area contributed by atoms with Crippen LogP contribution in [0.3, 0.4) is 0 Å². The molecular formula is C17H19Cl2NO. The van der Waals surface area contributed by atoms with E-state index in [-0.39, 0.29) is 0 Å². The first-order valence-electron chi connectivity index (χ1n) is 6.92. The van der Waals surface area contributed by atoms with Crippen molar-refractivity contribution >= 4 is 23.2 Å². The molecule has 112 valence electrons. The molecule has 1 unspecified atom stereocenters. The van der Waals surface area contributed by atoms with Crippen LogP contribution in [0.25, 0.3) is 0 Å². The van der Waals surface area contributed by atoms with Gasteiger partial charge in [-0.25, -0.2) is 0 Å². The first-order valence-corrected chi connectivity index (χ1v) is 7.68. The van der Waals surface area contributed by atoms with Gasteiger partial charge in [-0.1, -0.05) is 65.7 Å². The molecule has 2 aromatic rings. The van der Waals surface area contributed by atoms with Gasteiger partial charge < -0.3 is 10.0 Å². The number of rotatable bonds is 6. The van der Waals surface area contributed by atoms with Gasteiger partial charge in [-0.05, 0) is 25.1 Å². The molecule has 2 rings (SSSR count). The van der Waals surface area contributed by atoms with Crippen LogP contribution in [0.5, 0.6) is 0 Å². The monoisotopic (exact) mass is 323 g/mol. The molecule has 0 spiro atoms. The van der Waals surface area contributed by atoms with E-state index in [9.17, 15) is 5.11 Å². The van der Waals surface area contributed by atoms with Crippen molar-refractivity contribution in [3.05, 3.63) is 69.7 Å². The number of aliphatic hydroxyl groups is 1. The van der Waals surface area contributed by atoms with Crippen molar-refractivity contribution in [2.75, 3.05) is 13.6 Å². The summed E-state index contributed by atoms with van der Waals surface area (Å²) < 4.78 is 0. The lowest BCUT2D eigenvalue weighted by Gasteiger charge is -2.20.